The molecule has 1 heterocycles. The Kier molecular flexibility index (Phi) is 5.76. The highest BCUT2D eigenvalue weighted by Crippen LogP contribution is 2.23. The minimum absolute atomic E-state index is 0.0309. The van der Waals surface area contributed by atoms with Crippen LogP contribution in [0.4, 0.5) is 0 Å². The Morgan fingerprint density at radius 3 is 2.71 bits per heavy atom. The van der Waals surface area contributed by atoms with Crippen molar-refractivity contribution in [3.05, 3.63) is 53.4 Å². The van der Waals surface area contributed by atoms with Gasteiger partial charge in [0.15, 0.2) is 11.8 Å². The molecule has 2 aromatic rings. The summed E-state index contributed by atoms with van der Waals surface area (Å²) in [5.41, 5.74) is 0.710. The summed E-state index contributed by atoms with van der Waals surface area (Å²) < 4.78 is 10.6. The number of benzene rings is 1. The molecule has 2 rings (SSSR count). The van der Waals surface area contributed by atoms with Crippen molar-refractivity contribution in [1.29, 1.82) is 0 Å². The van der Waals surface area contributed by atoms with Crippen LogP contribution in [0.2, 0.25) is 5.02 Å². The second-order valence-corrected chi connectivity index (χ2v) is 5.45. The zero-order valence-electron chi connectivity index (χ0n) is 13.3. The molecule has 0 spiro atoms. The van der Waals surface area contributed by atoms with Crippen LogP contribution >= 0.6 is 11.6 Å². The molecule has 0 aliphatic rings. The van der Waals surface area contributed by atoms with Gasteiger partial charge < -0.3 is 14.5 Å². The average Bonchev–Trinajstić information content (AvgIpc) is 2.95. The second kappa shape index (κ2) is 7.79. The number of aromatic nitrogens is 1. The number of halogens is 1. The Labute approximate surface area is 144 Å². The average molecular weight is 349 g/mol. The smallest absolute Gasteiger partial charge is 0.361 e. The minimum atomic E-state index is -0.951. The Morgan fingerprint density at radius 2 is 2.08 bits per heavy atom. The van der Waals surface area contributed by atoms with Crippen LogP contribution in [-0.4, -0.2) is 29.5 Å². The number of nitrogens with one attached hydrogen (secondary N) is 1. The van der Waals surface area contributed by atoms with E-state index in [1.807, 2.05) is 0 Å². The first-order chi connectivity index (χ1) is 11.4. The molecule has 126 valence electrons. The molecule has 1 aromatic heterocycles. The number of hydrogen-bond acceptors (Lipinski definition) is 5. The van der Waals surface area contributed by atoms with Gasteiger partial charge in [0, 0.05) is 17.1 Å². The summed E-state index contributed by atoms with van der Waals surface area (Å²) in [4.78, 5) is 28.1. The lowest BCUT2D eigenvalue weighted by molar-refractivity contribution is -0.128. The maximum Gasteiger partial charge on any atom is 0.361 e. The van der Waals surface area contributed by atoms with Crippen molar-refractivity contribution in [3.8, 4) is 11.5 Å². The van der Waals surface area contributed by atoms with E-state index in [0.29, 0.717) is 22.9 Å². The lowest BCUT2D eigenvalue weighted by Gasteiger charge is -2.11. The van der Waals surface area contributed by atoms with Gasteiger partial charge in [-0.2, -0.15) is 0 Å². The molecule has 6 nitrogen and oxygen atoms in total. The fourth-order valence-electron chi connectivity index (χ4n) is 1.89. The Hall–Kier alpha value is -2.60. The summed E-state index contributed by atoms with van der Waals surface area (Å²) in [5.74, 6) is -0.552. The number of nitrogens with zero attached hydrogens (tertiary/aromatic N) is 1. The molecule has 0 radical (unpaired) electrons. The topological polar surface area (TPSA) is 81.4 Å². The van der Waals surface area contributed by atoms with Crippen molar-refractivity contribution in [2.45, 2.75) is 20.0 Å². The van der Waals surface area contributed by atoms with Crippen LogP contribution in [0.1, 0.15) is 23.2 Å². The van der Waals surface area contributed by atoms with Crippen molar-refractivity contribution in [2.24, 2.45) is 0 Å². The standard InChI is InChI=1S/C17H17ClN2O4/c1-4-9-19-15(21)11(3)24-17(22)14-10(2)23-16(20-14)12-5-7-13(18)8-6-12/h4-8,11H,1,9H2,2-3H3,(H,19,21)/t11-/m1/s1. The lowest BCUT2D eigenvalue weighted by atomic mass is 10.2. The van der Waals surface area contributed by atoms with Crippen LogP contribution in [0.25, 0.3) is 11.5 Å². The maximum atomic E-state index is 12.2. The first-order valence-corrected chi connectivity index (χ1v) is 7.63. The highest BCUT2D eigenvalue weighted by Gasteiger charge is 2.24. The summed E-state index contributed by atoms with van der Waals surface area (Å²) >= 11 is 5.84. The summed E-state index contributed by atoms with van der Waals surface area (Å²) in [6.45, 7) is 6.87. The molecule has 7 heteroatoms. The van der Waals surface area contributed by atoms with Crippen molar-refractivity contribution in [2.75, 3.05) is 6.54 Å². The molecule has 0 aliphatic heterocycles. The summed E-state index contributed by atoms with van der Waals surface area (Å²) in [6.07, 6.45) is 0.583. The normalized spacial score (nSPS) is 11.6. The number of aryl methyl sites for hydroxylation is 1. The second-order valence-electron chi connectivity index (χ2n) is 5.01. The van der Waals surface area contributed by atoms with E-state index in [9.17, 15) is 9.59 Å². The van der Waals surface area contributed by atoms with Gasteiger partial charge in [0.1, 0.15) is 5.76 Å². The van der Waals surface area contributed by atoms with E-state index in [4.69, 9.17) is 20.8 Å². The number of hydrogen-bond donors (Lipinski definition) is 1. The molecule has 0 aliphatic carbocycles. The van der Waals surface area contributed by atoms with E-state index >= 15 is 0 Å². The molecule has 1 N–H and O–H groups in total. The third kappa shape index (κ3) is 4.23. The van der Waals surface area contributed by atoms with Crippen LogP contribution in [0.5, 0.6) is 0 Å². The van der Waals surface area contributed by atoms with Crippen molar-refractivity contribution >= 4 is 23.5 Å². The highest BCUT2D eigenvalue weighted by molar-refractivity contribution is 6.30. The molecule has 1 aromatic carbocycles. The third-order valence-corrected chi connectivity index (χ3v) is 3.41. The number of carbonyl (C=O) groups is 2. The molecule has 0 saturated heterocycles. The highest BCUT2D eigenvalue weighted by atomic mass is 35.5. The van der Waals surface area contributed by atoms with Gasteiger partial charge in [0.05, 0.1) is 0 Å². The van der Waals surface area contributed by atoms with Gasteiger partial charge in [-0.25, -0.2) is 9.78 Å². The van der Waals surface area contributed by atoms with E-state index in [-0.39, 0.29) is 11.6 Å². The molecule has 1 atom stereocenters. The van der Waals surface area contributed by atoms with Gasteiger partial charge in [-0.05, 0) is 38.1 Å². The number of carbonyl (C=O) groups excluding carboxylic acids is 2. The van der Waals surface area contributed by atoms with Gasteiger partial charge in [0.2, 0.25) is 5.89 Å². The third-order valence-electron chi connectivity index (χ3n) is 3.15. The van der Waals surface area contributed by atoms with Crippen LogP contribution in [0.15, 0.2) is 41.3 Å². The molecule has 0 bridgehead atoms. The van der Waals surface area contributed by atoms with E-state index in [1.165, 1.54) is 13.0 Å². The van der Waals surface area contributed by atoms with Crippen molar-refractivity contribution in [1.82, 2.24) is 10.3 Å². The first kappa shape index (κ1) is 17.7. The zero-order valence-corrected chi connectivity index (χ0v) is 14.1. The van der Waals surface area contributed by atoms with Gasteiger partial charge >= 0.3 is 5.97 Å². The lowest BCUT2D eigenvalue weighted by Crippen LogP contribution is -2.36. The summed E-state index contributed by atoms with van der Waals surface area (Å²) in [7, 11) is 0. The van der Waals surface area contributed by atoms with Crippen molar-refractivity contribution < 1.29 is 18.7 Å². The number of amides is 1. The molecule has 0 fully saturated rings. The fraction of sp³-hybridized carbons (Fsp3) is 0.235. The van der Waals surface area contributed by atoms with Gasteiger partial charge in [-0.15, -0.1) is 6.58 Å². The Bertz CT molecular complexity index is 752. The quantitative estimate of drug-likeness (QED) is 0.640. The Morgan fingerprint density at radius 1 is 1.42 bits per heavy atom. The van der Waals surface area contributed by atoms with E-state index in [0.717, 1.165) is 0 Å². The van der Waals surface area contributed by atoms with Crippen LogP contribution in [0, 0.1) is 6.92 Å². The van der Waals surface area contributed by atoms with Crippen molar-refractivity contribution in [3.63, 3.8) is 0 Å². The predicted octanol–water partition coefficient (Wildman–Crippen LogP) is 3.15. The largest absolute Gasteiger partial charge is 0.448 e. The molecule has 0 unspecified atom stereocenters. The molecular formula is C17H17ClN2O4. The van der Waals surface area contributed by atoms with E-state index in [2.05, 4.69) is 16.9 Å². The Balaban J connectivity index is 2.11. The number of rotatable bonds is 6. The van der Waals surface area contributed by atoms with Gasteiger partial charge in [0.25, 0.3) is 5.91 Å². The summed E-state index contributed by atoms with van der Waals surface area (Å²) in [5, 5.41) is 3.13. The van der Waals surface area contributed by atoms with Crippen LogP contribution in [0.3, 0.4) is 0 Å². The predicted molar refractivity (Wildman–Crippen MR) is 89.8 cm³/mol. The maximum absolute atomic E-state index is 12.2. The molecule has 24 heavy (non-hydrogen) atoms. The first-order valence-electron chi connectivity index (χ1n) is 7.25. The fourth-order valence-corrected chi connectivity index (χ4v) is 2.01. The SMILES string of the molecule is C=CCNC(=O)[C@@H](C)OC(=O)c1nc(-c2ccc(Cl)cc2)oc1C. The minimum Gasteiger partial charge on any atom is -0.448 e. The molecule has 1 amide bonds. The number of ether oxygens (including phenoxy) is 1. The van der Waals surface area contributed by atoms with E-state index < -0.39 is 18.0 Å². The van der Waals surface area contributed by atoms with E-state index in [1.54, 1.807) is 31.2 Å². The number of esters is 1. The van der Waals surface area contributed by atoms with Crippen LogP contribution < -0.4 is 5.32 Å². The van der Waals surface area contributed by atoms with Gasteiger partial charge in [-0.3, -0.25) is 4.79 Å². The monoisotopic (exact) mass is 348 g/mol. The zero-order chi connectivity index (χ0) is 17.7. The molecule has 0 saturated carbocycles. The van der Waals surface area contributed by atoms with Crippen LogP contribution in [-0.2, 0) is 9.53 Å². The summed E-state index contributed by atoms with van der Waals surface area (Å²) in [6, 6.07) is 6.85. The number of oxazole rings is 1. The molecular weight excluding hydrogens is 332 g/mol. The van der Waals surface area contributed by atoms with Gasteiger partial charge in [-0.1, -0.05) is 17.7 Å².